The Bertz CT molecular complexity index is 657. The fourth-order valence-corrected chi connectivity index (χ4v) is 1.99. The van der Waals surface area contributed by atoms with Gasteiger partial charge in [0.05, 0.1) is 6.61 Å². The molecule has 0 spiro atoms. The summed E-state index contributed by atoms with van der Waals surface area (Å²) in [5.41, 5.74) is 1.01. The van der Waals surface area contributed by atoms with E-state index in [2.05, 4.69) is 10.6 Å². The van der Waals surface area contributed by atoms with Gasteiger partial charge in [-0.3, -0.25) is 10.1 Å². The van der Waals surface area contributed by atoms with E-state index in [0.29, 0.717) is 29.4 Å². The quantitative estimate of drug-likeness (QED) is 0.529. The molecule has 1 aliphatic rings. The van der Waals surface area contributed by atoms with Crippen LogP contribution < -0.4 is 20.1 Å². The molecule has 1 aliphatic heterocycles. The molecule has 3 N–H and O–H groups in total. The van der Waals surface area contributed by atoms with E-state index in [4.69, 9.17) is 26.8 Å². The van der Waals surface area contributed by atoms with Gasteiger partial charge >= 0.3 is 5.97 Å². The molecule has 22 heavy (non-hydrogen) atoms. The standard InChI is InChI=1S/C14H14N2O5S/c1-2-20-11-6-8(3-4-10(11)21-7-12(17)18)5-9-13(19)16-14(22)15-9/h3-6H,2,7H2,1H3,(H,17,18)(H2,15,16,19,22)/b9-5+. The summed E-state index contributed by atoms with van der Waals surface area (Å²) in [4.78, 5) is 22.2. The lowest BCUT2D eigenvalue weighted by Crippen LogP contribution is -2.21. The van der Waals surface area contributed by atoms with Gasteiger partial charge in [-0.05, 0) is 42.9 Å². The van der Waals surface area contributed by atoms with Crippen LogP contribution in [0.3, 0.4) is 0 Å². The lowest BCUT2D eigenvalue weighted by Gasteiger charge is -2.11. The maximum Gasteiger partial charge on any atom is 0.341 e. The Hall–Kier alpha value is -2.61. The molecule has 1 saturated heterocycles. The zero-order valence-corrected chi connectivity index (χ0v) is 12.5. The largest absolute Gasteiger partial charge is 0.490 e. The summed E-state index contributed by atoms with van der Waals surface area (Å²) in [6.45, 7) is 1.74. The summed E-state index contributed by atoms with van der Waals surface area (Å²) in [5, 5.41) is 14.1. The molecule has 0 atom stereocenters. The highest BCUT2D eigenvalue weighted by atomic mass is 32.1. The fraction of sp³-hybridized carbons (Fsp3) is 0.214. The van der Waals surface area contributed by atoms with Crippen molar-refractivity contribution < 1.29 is 24.2 Å². The van der Waals surface area contributed by atoms with Crippen molar-refractivity contribution in [3.63, 3.8) is 0 Å². The molecular weight excluding hydrogens is 308 g/mol. The van der Waals surface area contributed by atoms with Gasteiger partial charge in [-0.25, -0.2) is 4.79 Å². The van der Waals surface area contributed by atoms with Gasteiger partial charge in [0.25, 0.3) is 5.91 Å². The van der Waals surface area contributed by atoms with E-state index in [0.717, 1.165) is 0 Å². The van der Waals surface area contributed by atoms with Crippen molar-refractivity contribution in [3.05, 3.63) is 29.5 Å². The number of nitrogens with one attached hydrogen (secondary N) is 2. The zero-order chi connectivity index (χ0) is 16.1. The third-order valence-electron chi connectivity index (χ3n) is 2.65. The normalized spacial score (nSPS) is 15.4. The minimum atomic E-state index is -1.08. The Morgan fingerprint density at radius 2 is 2.09 bits per heavy atom. The van der Waals surface area contributed by atoms with Gasteiger partial charge in [0.2, 0.25) is 0 Å². The van der Waals surface area contributed by atoms with E-state index in [1.165, 1.54) is 0 Å². The van der Waals surface area contributed by atoms with E-state index >= 15 is 0 Å². The summed E-state index contributed by atoms with van der Waals surface area (Å²) in [6, 6.07) is 4.93. The van der Waals surface area contributed by atoms with Crippen molar-refractivity contribution in [2.75, 3.05) is 13.2 Å². The predicted octanol–water partition coefficient (Wildman–Crippen LogP) is 0.894. The minimum Gasteiger partial charge on any atom is -0.490 e. The number of rotatable bonds is 6. The fourth-order valence-electron chi connectivity index (χ4n) is 1.79. The zero-order valence-electron chi connectivity index (χ0n) is 11.7. The van der Waals surface area contributed by atoms with Gasteiger partial charge in [-0.15, -0.1) is 0 Å². The number of ether oxygens (including phenoxy) is 2. The lowest BCUT2D eigenvalue weighted by atomic mass is 10.1. The van der Waals surface area contributed by atoms with E-state index in [1.807, 2.05) is 0 Å². The summed E-state index contributed by atoms with van der Waals surface area (Å²) in [6.07, 6.45) is 1.61. The molecule has 0 unspecified atom stereocenters. The van der Waals surface area contributed by atoms with Crippen LogP contribution in [0.5, 0.6) is 11.5 Å². The molecule has 0 aliphatic carbocycles. The van der Waals surface area contributed by atoms with E-state index < -0.39 is 12.6 Å². The van der Waals surface area contributed by atoms with Gasteiger partial charge in [0.1, 0.15) is 5.70 Å². The monoisotopic (exact) mass is 322 g/mol. The third kappa shape index (κ3) is 3.95. The number of amides is 1. The van der Waals surface area contributed by atoms with Crippen LogP contribution in [0, 0.1) is 0 Å². The molecule has 1 aromatic rings. The second-order valence-electron chi connectivity index (χ2n) is 4.29. The molecule has 1 amide bonds. The minimum absolute atomic E-state index is 0.252. The van der Waals surface area contributed by atoms with Crippen LogP contribution in [0.25, 0.3) is 6.08 Å². The van der Waals surface area contributed by atoms with Crippen molar-refractivity contribution >= 4 is 35.3 Å². The molecule has 0 radical (unpaired) electrons. The van der Waals surface area contributed by atoms with Crippen LogP contribution in [0.2, 0.25) is 0 Å². The topological polar surface area (TPSA) is 96.9 Å². The van der Waals surface area contributed by atoms with Gasteiger partial charge in [0.15, 0.2) is 23.2 Å². The number of thiocarbonyl (C=S) groups is 1. The van der Waals surface area contributed by atoms with Gasteiger partial charge in [-0.1, -0.05) is 6.07 Å². The number of carbonyl (C=O) groups is 2. The summed E-state index contributed by atoms with van der Waals surface area (Å²) in [7, 11) is 0. The predicted molar refractivity (Wildman–Crippen MR) is 82.6 cm³/mol. The van der Waals surface area contributed by atoms with Crippen LogP contribution in [-0.4, -0.2) is 35.3 Å². The molecule has 2 rings (SSSR count). The molecule has 1 heterocycles. The number of aliphatic carboxylic acids is 1. The lowest BCUT2D eigenvalue weighted by molar-refractivity contribution is -0.139. The highest BCUT2D eigenvalue weighted by molar-refractivity contribution is 7.80. The second kappa shape index (κ2) is 6.90. The van der Waals surface area contributed by atoms with Crippen molar-refractivity contribution in [3.8, 4) is 11.5 Å². The summed E-state index contributed by atoms with van der Waals surface area (Å²) >= 11 is 4.85. The van der Waals surface area contributed by atoms with Gasteiger partial charge < -0.3 is 19.9 Å². The molecular formula is C14H14N2O5S. The number of benzene rings is 1. The van der Waals surface area contributed by atoms with E-state index in [-0.39, 0.29) is 11.0 Å². The molecule has 116 valence electrons. The van der Waals surface area contributed by atoms with Crippen LogP contribution in [-0.2, 0) is 9.59 Å². The SMILES string of the molecule is CCOc1cc(/C=C2/NC(=S)NC2=O)ccc1OCC(=O)O. The highest BCUT2D eigenvalue weighted by Crippen LogP contribution is 2.29. The van der Waals surface area contributed by atoms with Crippen LogP contribution in [0.4, 0.5) is 0 Å². The smallest absolute Gasteiger partial charge is 0.341 e. The number of hydrogen-bond donors (Lipinski definition) is 3. The van der Waals surface area contributed by atoms with Crippen molar-refractivity contribution in [2.24, 2.45) is 0 Å². The van der Waals surface area contributed by atoms with Crippen molar-refractivity contribution in [2.45, 2.75) is 6.92 Å². The average molecular weight is 322 g/mol. The van der Waals surface area contributed by atoms with E-state index in [9.17, 15) is 9.59 Å². The van der Waals surface area contributed by atoms with Gasteiger partial charge in [-0.2, -0.15) is 0 Å². The first-order valence-electron chi connectivity index (χ1n) is 6.45. The third-order valence-corrected chi connectivity index (χ3v) is 2.85. The first kappa shape index (κ1) is 15.8. The maximum absolute atomic E-state index is 11.6. The molecule has 1 aromatic carbocycles. The highest BCUT2D eigenvalue weighted by Gasteiger charge is 2.20. The van der Waals surface area contributed by atoms with Crippen LogP contribution >= 0.6 is 12.2 Å². The summed E-state index contributed by atoms with van der Waals surface area (Å²) < 4.78 is 10.6. The first-order valence-corrected chi connectivity index (χ1v) is 6.86. The Morgan fingerprint density at radius 3 is 2.68 bits per heavy atom. The number of hydrogen-bond acceptors (Lipinski definition) is 5. The summed E-state index contributed by atoms with van der Waals surface area (Å²) in [5.74, 6) is -0.659. The number of carboxylic acid groups (broad SMARTS) is 1. The van der Waals surface area contributed by atoms with E-state index in [1.54, 1.807) is 31.2 Å². The molecule has 0 aromatic heterocycles. The van der Waals surface area contributed by atoms with Crippen LogP contribution in [0.15, 0.2) is 23.9 Å². The average Bonchev–Trinajstić information content (AvgIpc) is 2.76. The molecule has 0 saturated carbocycles. The van der Waals surface area contributed by atoms with Crippen LogP contribution in [0.1, 0.15) is 12.5 Å². The molecule has 1 fully saturated rings. The Morgan fingerprint density at radius 1 is 1.32 bits per heavy atom. The molecule has 8 heteroatoms. The Labute approximate surface area is 131 Å². The maximum atomic E-state index is 11.6. The first-order chi connectivity index (χ1) is 10.5. The molecule has 0 bridgehead atoms. The van der Waals surface area contributed by atoms with Crippen molar-refractivity contribution in [1.29, 1.82) is 0 Å². The molecule has 7 nitrogen and oxygen atoms in total. The van der Waals surface area contributed by atoms with Crippen molar-refractivity contribution in [1.82, 2.24) is 10.6 Å². The number of carbonyl (C=O) groups excluding carboxylic acids is 1. The Kier molecular flexibility index (Phi) is 4.95. The van der Waals surface area contributed by atoms with Gasteiger partial charge in [0, 0.05) is 0 Å². The Balaban J connectivity index is 2.25. The number of carboxylic acids is 1. The second-order valence-corrected chi connectivity index (χ2v) is 4.70.